The van der Waals surface area contributed by atoms with Gasteiger partial charge in [0.2, 0.25) is 5.91 Å². The van der Waals surface area contributed by atoms with E-state index < -0.39 is 61.1 Å². The van der Waals surface area contributed by atoms with Crippen LogP contribution >= 0.6 is 0 Å². The summed E-state index contributed by atoms with van der Waals surface area (Å²) >= 11 is 0. The number of nitrogens with one attached hydrogen (secondary N) is 2. The minimum atomic E-state index is -1.66. The van der Waals surface area contributed by atoms with Gasteiger partial charge in [-0.2, -0.15) is 0 Å². The van der Waals surface area contributed by atoms with Crippen LogP contribution in [-0.2, 0) is 23.7 Å². The maximum Gasteiger partial charge on any atom is 0.552 e. The van der Waals surface area contributed by atoms with Gasteiger partial charge in [-0.25, -0.2) is 9.78 Å². The highest BCUT2D eigenvalue weighted by Crippen LogP contribution is 2.19. The maximum absolute atomic E-state index is 13.2. The summed E-state index contributed by atoms with van der Waals surface area (Å²) in [7, 11) is -1.44. The molecule has 13 heteroatoms. The van der Waals surface area contributed by atoms with Crippen LogP contribution in [0.15, 0.2) is 48.5 Å². The molecule has 0 unspecified atom stereocenters. The first-order valence-corrected chi connectivity index (χ1v) is 12.1. The van der Waals surface area contributed by atoms with Crippen molar-refractivity contribution in [1.29, 1.82) is 0 Å². The lowest BCUT2D eigenvalue weighted by molar-refractivity contribution is -0.159. The summed E-state index contributed by atoms with van der Waals surface area (Å²) in [6.07, 6.45) is -2.75. The predicted octanol–water partition coefficient (Wildman–Crippen LogP) is 0.140. The summed E-state index contributed by atoms with van der Waals surface area (Å²) in [5, 5.41) is 24.8. The molecular formula is C25H31BN4O8. The lowest BCUT2D eigenvalue weighted by atomic mass is 9.72. The molecule has 0 spiro atoms. The van der Waals surface area contributed by atoms with E-state index in [0.29, 0.717) is 5.69 Å². The number of carboxylic acids is 1. The summed E-state index contributed by atoms with van der Waals surface area (Å²) in [4.78, 5) is 54.2. The monoisotopic (exact) mass is 526 g/mol. The van der Waals surface area contributed by atoms with E-state index in [4.69, 9.17) is 15.0 Å². The van der Waals surface area contributed by atoms with Crippen LogP contribution in [0.25, 0.3) is 11.3 Å². The molecule has 1 fully saturated rings. The Kier molecular flexibility index (Phi) is 9.56. The first kappa shape index (κ1) is 28.8. The lowest BCUT2D eigenvalue weighted by Crippen LogP contribution is -2.64. The number of hydrogen-bond donors (Lipinski definition) is 5. The number of nitrogens with two attached hydrogens (primary N) is 1. The van der Waals surface area contributed by atoms with E-state index in [1.54, 1.807) is 12.1 Å². The van der Waals surface area contributed by atoms with Gasteiger partial charge in [-0.3, -0.25) is 14.4 Å². The van der Waals surface area contributed by atoms with Crippen LogP contribution in [0.5, 0.6) is 0 Å². The summed E-state index contributed by atoms with van der Waals surface area (Å²) in [5.41, 5.74) is 6.96. The summed E-state index contributed by atoms with van der Waals surface area (Å²) in [5.74, 6) is -4.94. The van der Waals surface area contributed by atoms with E-state index in [0.717, 1.165) is 5.56 Å². The molecule has 2 heterocycles. The molecule has 6 N–H and O–H groups in total. The van der Waals surface area contributed by atoms with Crippen LogP contribution < -0.4 is 16.4 Å². The zero-order chi connectivity index (χ0) is 28.0. The van der Waals surface area contributed by atoms with Crippen LogP contribution in [0.3, 0.4) is 0 Å². The number of hydrogen-bond acceptors (Lipinski definition) is 9. The van der Waals surface area contributed by atoms with Crippen molar-refractivity contribution < 1.29 is 38.7 Å². The van der Waals surface area contributed by atoms with E-state index in [1.807, 2.05) is 44.2 Å². The van der Waals surface area contributed by atoms with Crippen LogP contribution in [0, 0.1) is 5.92 Å². The molecule has 0 radical (unpaired) electrons. The molecule has 12 nitrogen and oxygen atoms in total. The number of aliphatic hydroxyl groups is 1. The van der Waals surface area contributed by atoms with Gasteiger partial charge in [-0.15, -0.1) is 0 Å². The molecule has 0 bridgehead atoms. The van der Waals surface area contributed by atoms with E-state index in [2.05, 4.69) is 15.6 Å². The number of carbonyl (C=O) groups excluding carboxylic acids is 3. The smallest absolute Gasteiger partial charge is 0.507 e. The molecular weight excluding hydrogens is 495 g/mol. The summed E-state index contributed by atoms with van der Waals surface area (Å²) in [6, 6.07) is 11.1. The second-order valence-electron chi connectivity index (χ2n) is 9.44. The molecule has 202 valence electrons. The van der Waals surface area contributed by atoms with Crippen molar-refractivity contribution in [2.24, 2.45) is 11.7 Å². The second-order valence-corrected chi connectivity index (χ2v) is 9.44. The fraction of sp³-hybridized carbons (Fsp3) is 0.400. The van der Waals surface area contributed by atoms with Crippen LogP contribution in [0.1, 0.15) is 37.7 Å². The van der Waals surface area contributed by atoms with Crippen LogP contribution in [-0.4, -0.2) is 76.3 Å². The summed E-state index contributed by atoms with van der Waals surface area (Å²) < 4.78 is 10.6. The van der Waals surface area contributed by atoms with Gasteiger partial charge in [0.05, 0.1) is 17.7 Å². The maximum atomic E-state index is 13.2. The lowest BCUT2D eigenvalue weighted by Gasteiger charge is -2.34. The molecule has 3 rings (SSSR count). The van der Waals surface area contributed by atoms with Crippen molar-refractivity contribution in [2.45, 2.75) is 57.4 Å². The third kappa shape index (κ3) is 7.15. The number of carboxylic acid groups (broad SMARTS) is 1. The molecule has 2 amide bonds. The number of aliphatic carboxylic acids is 1. The highest BCUT2D eigenvalue weighted by atomic mass is 16.6. The fourth-order valence-electron chi connectivity index (χ4n) is 3.93. The highest BCUT2D eigenvalue weighted by Gasteiger charge is 2.49. The third-order valence-corrected chi connectivity index (χ3v) is 5.84. The van der Waals surface area contributed by atoms with Gasteiger partial charge >= 0.3 is 19.1 Å². The summed E-state index contributed by atoms with van der Waals surface area (Å²) in [6.45, 7) is 5.00. The predicted molar refractivity (Wildman–Crippen MR) is 136 cm³/mol. The molecule has 2 aromatic rings. The Morgan fingerprint density at radius 2 is 1.76 bits per heavy atom. The topological polar surface area (TPSA) is 190 Å². The van der Waals surface area contributed by atoms with E-state index in [9.17, 15) is 29.4 Å². The van der Waals surface area contributed by atoms with Crippen molar-refractivity contribution >= 4 is 30.9 Å². The molecule has 1 aliphatic rings. The van der Waals surface area contributed by atoms with Gasteiger partial charge < -0.3 is 35.9 Å². The Hall–Kier alpha value is -3.81. The SMILES string of the molecule is CC(C)C[C@H](NC(=O)[C@@H](NC(=O)c1cccc(-c2ccccc2)n1)[C@@H](C)O)B1OC(=O)[C@H](N)[C@H](C(=O)O)O1. The zero-order valence-corrected chi connectivity index (χ0v) is 21.2. The second kappa shape index (κ2) is 12.6. The molecule has 1 aliphatic heterocycles. The van der Waals surface area contributed by atoms with Crippen molar-refractivity contribution in [3.63, 3.8) is 0 Å². The Balaban J connectivity index is 1.77. The quantitative estimate of drug-likeness (QED) is 0.266. The van der Waals surface area contributed by atoms with E-state index >= 15 is 0 Å². The molecule has 1 aromatic heterocycles. The number of carbonyl (C=O) groups is 4. The normalized spacial score (nSPS) is 19.7. The Bertz CT molecular complexity index is 1160. The first-order valence-electron chi connectivity index (χ1n) is 12.1. The Morgan fingerprint density at radius 3 is 2.37 bits per heavy atom. The van der Waals surface area contributed by atoms with Gasteiger partial charge in [0, 0.05) is 5.56 Å². The number of amides is 2. The first-order chi connectivity index (χ1) is 18.0. The van der Waals surface area contributed by atoms with Gasteiger partial charge in [0.25, 0.3) is 5.91 Å². The molecule has 5 atom stereocenters. The van der Waals surface area contributed by atoms with Crippen LogP contribution in [0.2, 0.25) is 0 Å². The number of nitrogens with zero attached hydrogens (tertiary/aromatic N) is 1. The van der Waals surface area contributed by atoms with Crippen molar-refractivity contribution in [3.05, 3.63) is 54.2 Å². The van der Waals surface area contributed by atoms with E-state index in [-0.39, 0.29) is 18.0 Å². The largest absolute Gasteiger partial charge is 0.552 e. The number of aromatic nitrogens is 1. The Morgan fingerprint density at radius 1 is 1.08 bits per heavy atom. The average Bonchev–Trinajstić information content (AvgIpc) is 2.88. The standard InChI is InChI=1S/C25H31BN4O8/c1-13(2)12-18(26-37-21(24(34)35)19(27)25(36)38-26)29-23(33)20(14(3)31)30-22(32)17-11-7-10-16(28-17)15-8-5-4-6-9-15/h4-11,13-14,18-21,31H,12,27H2,1-3H3,(H,29,33)(H,30,32)(H,34,35)/t14-,18+,19-,20+,21-/m1/s1. The highest BCUT2D eigenvalue weighted by molar-refractivity contribution is 6.50. The minimum Gasteiger partial charge on any atom is -0.507 e. The van der Waals surface area contributed by atoms with Crippen molar-refractivity contribution in [1.82, 2.24) is 15.6 Å². The number of aliphatic hydroxyl groups excluding tert-OH is 1. The minimum absolute atomic E-state index is 0.0337. The average molecular weight is 526 g/mol. The number of rotatable bonds is 10. The van der Waals surface area contributed by atoms with Gasteiger partial charge in [-0.1, -0.05) is 50.2 Å². The molecule has 0 aliphatic carbocycles. The van der Waals surface area contributed by atoms with Gasteiger partial charge in [0.1, 0.15) is 17.8 Å². The van der Waals surface area contributed by atoms with Crippen molar-refractivity contribution in [2.75, 3.05) is 0 Å². The van der Waals surface area contributed by atoms with Crippen molar-refractivity contribution in [3.8, 4) is 11.3 Å². The molecule has 0 saturated carbocycles. The number of benzene rings is 1. The number of pyridine rings is 1. The Labute approximate surface area is 220 Å². The fourth-order valence-corrected chi connectivity index (χ4v) is 3.93. The van der Waals surface area contributed by atoms with Crippen LogP contribution in [0.4, 0.5) is 0 Å². The molecule has 38 heavy (non-hydrogen) atoms. The molecule has 1 aromatic carbocycles. The zero-order valence-electron chi connectivity index (χ0n) is 21.2. The third-order valence-electron chi connectivity index (χ3n) is 5.84. The van der Waals surface area contributed by atoms with E-state index in [1.165, 1.54) is 13.0 Å². The molecule has 1 saturated heterocycles. The van der Waals surface area contributed by atoms with Gasteiger partial charge in [0.15, 0.2) is 6.10 Å². The van der Waals surface area contributed by atoms with Gasteiger partial charge in [-0.05, 0) is 31.4 Å².